The molecule has 4 saturated carbocycles. The second-order valence-corrected chi connectivity index (χ2v) is 12.8. The first-order valence-corrected chi connectivity index (χ1v) is 13.2. The third-order valence-corrected chi connectivity index (χ3v) is 11.5. The zero-order valence-corrected chi connectivity index (χ0v) is 19.8. The van der Waals surface area contributed by atoms with Crippen LogP contribution in [0.15, 0.2) is 0 Å². The summed E-state index contributed by atoms with van der Waals surface area (Å²) in [4.78, 5) is 13.3. The van der Waals surface area contributed by atoms with E-state index in [0.29, 0.717) is 29.1 Å². The van der Waals surface area contributed by atoms with Gasteiger partial charge in [-0.25, -0.2) is 0 Å². The van der Waals surface area contributed by atoms with E-state index >= 15 is 0 Å². The van der Waals surface area contributed by atoms with Crippen LogP contribution in [-0.2, 0) is 4.79 Å². The van der Waals surface area contributed by atoms with Gasteiger partial charge in [0.05, 0.1) is 6.10 Å². The first-order valence-electron chi connectivity index (χ1n) is 13.2. The third-order valence-electron chi connectivity index (χ3n) is 11.5. The van der Waals surface area contributed by atoms with Gasteiger partial charge in [-0.3, -0.25) is 4.79 Å². The van der Waals surface area contributed by atoms with Crippen LogP contribution < -0.4 is 5.32 Å². The fourth-order valence-electron chi connectivity index (χ4n) is 9.67. The molecule has 2 N–H and O–H groups in total. The SMILES string of the molecule is C[C@H]1CC[C@H]([C@@H](C)[C@H]2CC[C@H]3[C@@H]4CC(=O)[C@H]5C[C@@H](O)CC[C@]5(C)[C@H]4CC[C@@]23C)NC1. The Labute approximate surface area is 184 Å². The van der Waals surface area contributed by atoms with Crippen LogP contribution in [0.3, 0.4) is 0 Å². The summed E-state index contributed by atoms with van der Waals surface area (Å²) in [7, 11) is 0. The molecule has 1 aliphatic heterocycles. The van der Waals surface area contributed by atoms with Crippen molar-refractivity contribution in [2.45, 2.75) is 104 Å². The number of hydrogen-bond acceptors (Lipinski definition) is 3. The first-order chi connectivity index (χ1) is 14.2. The van der Waals surface area contributed by atoms with E-state index in [9.17, 15) is 9.90 Å². The Morgan fingerprint density at radius 1 is 1.00 bits per heavy atom. The molecule has 11 atom stereocenters. The van der Waals surface area contributed by atoms with Gasteiger partial charge in [-0.1, -0.05) is 27.7 Å². The molecule has 0 bridgehead atoms. The zero-order valence-electron chi connectivity index (χ0n) is 19.8. The van der Waals surface area contributed by atoms with Crippen LogP contribution >= 0.6 is 0 Å². The molecule has 4 aliphatic carbocycles. The van der Waals surface area contributed by atoms with Gasteiger partial charge >= 0.3 is 0 Å². The van der Waals surface area contributed by atoms with Gasteiger partial charge < -0.3 is 10.4 Å². The summed E-state index contributed by atoms with van der Waals surface area (Å²) in [5.41, 5.74) is 0.564. The molecule has 170 valence electrons. The molecular weight excluding hydrogens is 370 g/mol. The summed E-state index contributed by atoms with van der Waals surface area (Å²) in [5.74, 6) is 5.03. The third kappa shape index (κ3) is 3.16. The summed E-state index contributed by atoms with van der Waals surface area (Å²) < 4.78 is 0. The molecule has 0 amide bonds. The number of rotatable bonds is 2. The quantitative estimate of drug-likeness (QED) is 0.651. The average molecular weight is 416 g/mol. The number of piperidine rings is 1. The number of hydrogen-bond donors (Lipinski definition) is 2. The molecule has 30 heavy (non-hydrogen) atoms. The molecule has 3 heteroatoms. The number of aliphatic hydroxyl groups excluding tert-OH is 1. The fraction of sp³-hybridized carbons (Fsp3) is 0.963. The number of ketones is 1. The smallest absolute Gasteiger partial charge is 0.136 e. The maximum atomic E-state index is 13.3. The highest BCUT2D eigenvalue weighted by Gasteiger charge is 2.62. The van der Waals surface area contributed by atoms with Crippen molar-refractivity contribution < 1.29 is 9.90 Å². The highest BCUT2D eigenvalue weighted by molar-refractivity contribution is 5.83. The molecule has 0 unspecified atom stereocenters. The number of carbonyl (C=O) groups excluding carboxylic acids is 1. The Kier molecular flexibility index (Phi) is 5.41. The number of aliphatic hydroxyl groups is 1. The Morgan fingerprint density at radius 2 is 1.73 bits per heavy atom. The van der Waals surface area contributed by atoms with E-state index in [1.54, 1.807) is 0 Å². The highest BCUT2D eigenvalue weighted by atomic mass is 16.3. The molecule has 5 rings (SSSR count). The van der Waals surface area contributed by atoms with E-state index in [2.05, 4.69) is 33.0 Å². The molecule has 0 aromatic carbocycles. The van der Waals surface area contributed by atoms with Crippen LogP contribution in [0.5, 0.6) is 0 Å². The van der Waals surface area contributed by atoms with Gasteiger partial charge in [-0.05, 0) is 111 Å². The van der Waals surface area contributed by atoms with Gasteiger partial charge in [0.1, 0.15) is 5.78 Å². The Morgan fingerprint density at radius 3 is 2.47 bits per heavy atom. The van der Waals surface area contributed by atoms with Gasteiger partial charge in [0.25, 0.3) is 0 Å². The lowest BCUT2D eigenvalue weighted by Crippen LogP contribution is -2.57. The van der Waals surface area contributed by atoms with Crippen LogP contribution in [0, 0.1) is 52.3 Å². The molecule has 0 radical (unpaired) electrons. The largest absolute Gasteiger partial charge is 0.393 e. The van der Waals surface area contributed by atoms with E-state index in [0.717, 1.165) is 49.4 Å². The Bertz CT molecular complexity index is 670. The minimum atomic E-state index is -0.250. The van der Waals surface area contributed by atoms with E-state index in [1.165, 1.54) is 45.1 Å². The second-order valence-electron chi connectivity index (χ2n) is 12.8. The van der Waals surface area contributed by atoms with Gasteiger partial charge in [0.2, 0.25) is 0 Å². The molecular formula is C27H45NO2. The summed E-state index contributed by atoms with van der Waals surface area (Å²) in [6, 6.07) is 0.689. The molecule has 0 aromatic rings. The van der Waals surface area contributed by atoms with Crippen LogP contribution in [0.1, 0.15) is 91.9 Å². The van der Waals surface area contributed by atoms with Crippen molar-refractivity contribution in [1.82, 2.24) is 5.32 Å². The van der Waals surface area contributed by atoms with Crippen molar-refractivity contribution in [1.29, 1.82) is 0 Å². The lowest BCUT2D eigenvalue weighted by atomic mass is 9.44. The lowest BCUT2D eigenvalue weighted by molar-refractivity contribution is -0.160. The van der Waals surface area contributed by atoms with Crippen molar-refractivity contribution in [3.05, 3.63) is 0 Å². The fourth-order valence-corrected chi connectivity index (χ4v) is 9.67. The number of fused-ring (bicyclic) bond motifs is 5. The predicted octanol–water partition coefficient (Wildman–Crippen LogP) is 5.21. The van der Waals surface area contributed by atoms with Crippen LogP contribution in [0.4, 0.5) is 0 Å². The zero-order chi connectivity index (χ0) is 21.3. The van der Waals surface area contributed by atoms with Gasteiger partial charge in [0.15, 0.2) is 0 Å². The standard InChI is InChI=1S/C27H45NO2/c1-16-5-8-24(28-15-16)17(2)20-6-7-21-19-14-25(30)23-13-18(29)9-11-27(23,4)22(19)10-12-26(20,21)3/h16-24,28-29H,5-15H2,1-4H3/t16-,17-,18-,19-,20+,21-,22-,23+,24+,26-,27+/m0/s1. The van der Waals surface area contributed by atoms with Crippen LogP contribution in [-0.4, -0.2) is 29.6 Å². The van der Waals surface area contributed by atoms with Gasteiger partial charge in [-0.15, -0.1) is 0 Å². The first kappa shape index (κ1) is 21.4. The lowest BCUT2D eigenvalue weighted by Gasteiger charge is -2.60. The Hall–Kier alpha value is -0.410. The van der Waals surface area contributed by atoms with E-state index in [1.807, 2.05) is 0 Å². The minimum absolute atomic E-state index is 0.122. The monoisotopic (exact) mass is 415 g/mol. The van der Waals surface area contributed by atoms with Gasteiger partial charge in [0, 0.05) is 18.4 Å². The molecule has 1 saturated heterocycles. The summed E-state index contributed by atoms with van der Waals surface area (Å²) >= 11 is 0. The number of Topliss-reactive ketones (excluding diaryl/α,β-unsaturated/α-hetero) is 1. The van der Waals surface area contributed by atoms with Crippen molar-refractivity contribution >= 4 is 5.78 Å². The minimum Gasteiger partial charge on any atom is -0.393 e. The highest BCUT2D eigenvalue weighted by Crippen LogP contribution is 2.67. The summed E-state index contributed by atoms with van der Waals surface area (Å²) in [5, 5.41) is 14.1. The summed E-state index contributed by atoms with van der Waals surface area (Å²) in [6.07, 6.45) is 11.3. The van der Waals surface area contributed by atoms with Crippen molar-refractivity contribution in [2.24, 2.45) is 52.3 Å². The van der Waals surface area contributed by atoms with Crippen molar-refractivity contribution in [2.75, 3.05) is 6.54 Å². The molecule has 0 aromatic heterocycles. The second kappa shape index (κ2) is 7.58. The molecule has 3 nitrogen and oxygen atoms in total. The average Bonchev–Trinajstić information content (AvgIpc) is 3.07. The maximum absolute atomic E-state index is 13.3. The number of nitrogens with one attached hydrogen (secondary N) is 1. The topological polar surface area (TPSA) is 49.3 Å². The predicted molar refractivity (Wildman–Crippen MR) is 121 cm³/mol. The van der Waals surface area contributed by atoms with Gasteiger partial charge in [-0.2, -0.15) is 0 Å². The van der Waals surface area contributed by atoms with Crippen LogP contribution in [0.25, 0.3) is 0 Å². The van der Waals surface area contributed by atoms with Crippen molar-refractivity contribution in [3.8, 4) is 0 Å². The molecule has 0 spiro atoms. The number of carbonyl (C=O) groups is 1. The summed E-state index contributed by atoms with van der Waals surface area (Å²) in [6.45, 7) is 11.1. The maximum Gasteiger partial charge on any atom is 0.136 e. The van der Waals surface area contributed by atoms with Crippen molar-refractivity contribution in [3.63, 3.8) is 0 Å². The van der Waals surface area contributed by atoms with E-state index in [4.69, 9.17) is 0 Å². The normalized spacial score (nSPS) is 54.8. The Balaban J connectivity index is 1.36. The van der Waals surface area contributed by atoms with E-state index < -0.39 is 0 Å². The molecule has 1 heterocycles. The van der Waals surface area contributed by atoms with E-state index in [-0.39, 0.29) is 17.4 Å². The molecule has 5 fully saturated rings. The van der Waals surface area contributed by atoms with Crippen LogP contribution in [0.2, 0.25) is 0 Å². The molecule has 5 aliphatic rings.